The van der Waals surface area contributed by atoms with Gasteiger partial charge in [0.1, 0.15) is 5.82 Å². The first-order valence-corrected chi connectivity index (χ1v) is 10.4. The van der Waals surface area contributed by atoms with E-state index in [1.165, 1.54) is 23.7 Å². The molecular weight excluding hydrogens is 400 g/mol. The van der Waals surface area contributed by atoms with E-state index in [4.69, 9.17) is 15.2 Å². The van der Waals surface area contributed by atoms with Crippen molar-refractivity contribution in [1.82, 2.24) is 9.55 Å². The van der Waals surface area contributed by atoms with Crippen LogP contribution in [0.3, 0.4) is 0 Å². The quantitative estimate of drug-likeness (QED) is 0.594. The number of benzene rings is 1. The minimum Gasteiger partial charge on any atom is -0.493 e. The molecular formula is C22H32N4O5. The van der Waals surface area contributed by atoms with Crippen molar-refractivity contribution >= 4 is 17.4 Å². The number of aromatic nitrogens is 2. The van der Waals surface area contributed by atoms with Crippen LogP contribution >= 0.6 is 0 Å². The predicted octanol–water partition coefficient (Wildman–Crippen LogP) is 2.17. The number of nitrogens with two attached hydrogens (primary N) is 1. The fourth-order valence-electron chi connectivity index (χ4n) is 3.32. The first-order valence-electron chi connectivity index (χ1n) is 10.4. The number of hydrogen-bond donors (Lipinski definition) is 2. The lowest BCUT2D eigenvalue weighted by Gasteiger charge is -2.26. The molecule has 0 aliphatic rings. The Morgan fingerprint density at radius 1 is 1.19 bits per heavy atom. The number of carbonyl (C=O) groups excluding carboxylic acids is 1. The van der Waals surface area contributed by atoms with Gasteiger partial charge in [0.05, 0.1) is 20.6 Å². The number of unbranched alkanes of at least 4 members (excludes halogenated alkanes) is 1. The first-order chi connectivity index (χ1) is 14.7. The summed E-state index contributed by atoms with van der Waals surface area (Å²) >= 11 is 0. The Labute approximate surface area is 181 Å². The summed E-state index contributed by atoms with van der Waals surface area (Å²) in [5.41, 5.74) is 5.70. The standard InChI is InChI=1S/C22H32N4O5/c1-6-7-10-25-20(23)19(21(28)24-22(25)29)26(13-14(2)3)18(27)12-15-8-9-16(30-4)17(11-15)31-5/h8-9,11,14H,6-7,10,12-13,23H2,1-5H3,(H,24,28,29). The van der Waals surface area contributed by atoms with E-state index in [0.717, 1.165) is 12.8 Å². The number of amides is 1. The molecule has 170 valence electrons. The second-order valence-electron chi connectivity index (χ2n) is 7.76. The SMILES string of the molecule is CCCCn1c(N)c(N(CC(C)C)C(=O)Cc2ccc(OC)c(OC)c2)c(=O)[nH]c1=O. The van der Waals surface area contributed by atoms with Crippen LogP contribution in [0, 0.1) is 5.92 Å². The average Bonchev–Trinajstić information content (AvgIpc) is 2.72. The molecule has 1 aromatic carbocycles. The number of nitrogens with one attached hydrogen (secondary N) is 1. The number of hydrogen-bond acceptors (Lipinski definition) is 6. The van der Waals surface area contributed by atoms with E-state index in [-0.39, 0.29) is 36.3 Å². The van der Waals surface area contributed by atoms with Gasteiger partial charge in [-0.2, -0.15) is 0 Å². The van der Waals surface area contributed by atoms with Gasteiger partial charge >= 0.3 is 5.69 Å². The Balaban J connectivity index is 2.48. The number of methoxy groups -OCH3 is 2. The van der Waals surface area contributed by atoms with Gasteiger partial charge in [-0.1, -0.05) is 33.3 Å². The Bertz CT molecular complexity index is 1030. The van der Waals surface area contributed by atoms with Crippen molar-refractivity contribution in [3.63, 3.8) is 0 Å². The zero-order valence-corrected chi connectivity index (χ0v) is 18.9. The van der Waals surface area contributed by atoms with Crippen LogP contribution in [-0.2, 0) is 17.8 Å². The highest BCUT2D eigenvalue weighted by atomic mass is 16.5. The van der Waals surface area contributed by atoms with Crippen molar-refractivity contribution < 1.29 is 14.3 Å². The molecule has 3 N–H and O–H groups in total. The maximum absolute atomic E-state index is 13.3. The number of aromatic amines is 1. The Hall–Kier alpha value is -3.23. The van der Waals surface area contributed by atoms with Crippen molar-refractivity contribution in [2.24, 2.45) is 5.92 Å². The fraction of sp³-hybridized carbons (Fsp3) is 0.500. The van der Waals surface area contributed by atoms with Crippen LogP contribution in [0.5, 0.6) is 11.5 Å². The normalized spacial score (nSPS) is 10.9. The first kappa shape index (κ1) is 24.0. The van der Waals surface area contributed by atoms with E-state index >= 15 is 0 Å². The summed E-state index contributed by atoms with van der Waals surface area (Å²) in [6.07, 6.45) is 1.60. The van der Waals surface area contributed by atoms with Crippen LogP contribution in [0.25, 0.3) is 0 Å². The topological polar surface area (TPSA) is 120 Å². The maximum atomic E-state index is 13.3. The third-order valence-electron chi connectivity index (χ3n) is 4.87. The van der Waals surface area contributed by atoms with Crippen molar-refractivity contribution in [2.45, 2.75) is 46.6 Å². The summed E-state index contributed by atoms with van der Waals surface area (Å²) in [6.45, 7) is 6.52. The van der Waals surface area contributed by atoms with Crippen LogP contribution in [0.4, 0.5) is 11.5 Å². The van der Waals surface area contributed by atoms with Crippen molar-refractivity contribution in [3.05, 3.63) is 44.6 Å². The van der Waals surface area contributed by atoms with Crippen molar-refractivity contribution in [1.29, 1.82) is 0 Å². The molecule has 0 aliphatic heterocycles. The van der Waals surface area contributed by atoms with Gasteiger partial charge in [0.15, 0.2) is 17.2 Å². The fourth-order valence-corrected chi connectivity index (χ4v) is 3.32. The molecule has 1 amide bonds. The molecule has 0 bridgehead atoms. The lowest BCUT2D eigenvalue weighted by molar-refractivity contribution is -0.118. The molecule has 0 spiro atoms. The summed E-state index contributed by atoms with van der Waals surface area (Å²) in [5.74, 6) is 0.835. The highest BCUT2D eigenvalue weighted by molar-refractivity contribution is 5.96. The molecule has 1 aromatic heterocycles. The number of carbonyl (C=O) groups is 1. The number of ether oxygens (including phenoxy) is 2. The molecule has 0 saturated heterocycles. The largest absolute Gasteiger partial charge is 0.493 e. The van der Waals surface area contributed by atoms with E-state index in [2.05, 4.69) is 4.98 Å². The smallest absolute Gasteiger partial charge is 0.330 e. The lowest BCUT2D eigenvalue weighted by Crippen LogP contribution is -2.43. The van der Waals surface area contributed by atoms with E-state index < -0.39 is 11.2 Å². The summed E-state index contributed by atoms with van der Waals surface area (Å²) in [5, 5.41) is 0. The molecule has 0 aliphatic carbocycles. The Morgan fingerprint density at radius 2 is 1.87 bits per heavy atom. The van der Waals surface area contributed by atoms with Crippen LogP contribution in [-0.4, -0.2) is 36.2 Å². The predicted molar refractivity (Wildman–Crippen MR) is 121 cm³/mol. The second kappa shape index (κ2) is 10.7. The summed E-state index contributed by atoms with van der Waals surface area (Å²) < 4.78 is 11.9. The maximum Gasteiger partial charge on any atom is 0.330 e. The van der Waals surface area contributed by atoms with Crippen molar-refractivity contribution in [2.75, 3.05) is 31.4 Å². The van der Waals surface area contributed by atoms with Crippen LogP contribution in [0.2, 0.25) is 0 Å². The van der Waals surface area contributed by atoms with Gasteiger partial charge in [-0.25, -0.2) is 4.79 Å². The number of nitrogen functional groups attached to an aromatic ring is 1. The molecule has 2 aromatic rings. The Morgan fingerprint density at radius 3 is 2.45 bits per heavy atom. The zero-order chi connectivity index (χ0) is 23.1. The molecule has 0 unspecified atom stereocenters. The summed E-state index contributed by atoms with van der Waals surface area (Å²) in [7, 11) is 3.06. The van der Waals surface area contributed by atoms with Gasteiger partial charge in [-0.15, -0.1) is 0 Å². The minimum atomic E-state index is -0.670. The molecule has 0 fully saturated rings. The minimum absolute atomic E-state index is 0.00325. The highest BCUT2D eigenvalue weighted by Gasteiger charge is 2.25. The second-order valence-corrected chi connectivity index (χ2v) is 7.76. The average molecular weight is 433 g/mol. The van der Waals surface area contributed by atoms with Gasteiger partial charge in [0, 0.05) is 13.1 Å². The van der Waals surface area contributed by atoms with E-state index in [9.17, 15) is 14.4 Å². The molecule has 9 heteroatoms. The number of anilines is 2. The van der Waals surface area contributed by atoms with Gasteiger partial charge in [0.2, 0.25) is 5.91 Å². The lowest BCUT2D eigenvalue weighted by atomic mass is 10.1. The van der Waals surface area contributed by atoms with Crippen LogP contribution < -0.4 is 31.4 Å². The van der Waals surface area contributed by atoms with E-state index in [0.29, 0.717) is 23.6 Å². The van der Waals surface area contributed by atoms with Crippen LogP contribution in [0.15, 0.2) is 27.8 Å². The Kier molecular flexibility index (Phi) is 8.30. The third kappa shape index (κ3) is 5.68. The molecule has 31 heavy (non-hydrogen) atoms. The molecule has 2 rings (SSSR count). The van der Waals surface area contributed by atoms with Gasteiger partial charge in [0.25, 0.3) is 5.56 Å². The van der Waals surface area contributed by atoms with E-state index in [1.807, 2.05) is 20.8 Å². The monoisotopic (exact) mass is 432 g/mol. The van der Waals surface area contributed by atoms with Gasteiger partial charge in [-0.3, -0.25) is 19.1 Å². The molecule has 0 atom stereocenters. The number of H-pyrrole nitrogens is 1. The third-order valence-corrected chi connectivity index (χ3v) is 4.87. The molecule has 0 radical (unpaired) electrons. The van der Waals surface area contributed by atoms with Gasteiger partial charge in [-0.05, 0) is 30.0 Å². The number of nitrogens with zero attached hydrogens (tertiary/aromatic N) is 2. The van der Waals surface area contributed by atoms with Gasteiger partial charge < -0.3 is 20.1 Å². The molecule has 0 saturated carbocycles. The van der Waals surface area contributed by atoms with Crippen molar-refractivity contribution in [3.8, 4) is 11.5 Å². The molecule has 1 heterocycles. The summed E-state index contributed by atoms with van der Waals surface area (Å²) in [4.78, 5) is 41.9. The highest BCUT2D eigenvalue weighted by Crippen LogP contribution is 2.28. The zero-order valence-electron chi connectivity index (χ0n) is 18.9. The summed E-state index contributed by atoms with van der Waals surface area (Å²) in [6, 6.07) is 5.21. The number of rotatable bonds is 10. The van der Waals surface area contributed by atoms with E-state index in [1.54, 1.807) is 18.2 Å². The molecule has 9 nitrogen and oxygen atoms in total. The van der Waals surface area contributed by atoms with Crippen LogP contribution in [0.1, 0.15) is 39.2 Å².